The zero-order valence-corrected chi connectivity index (χ0v) is 27.8. The Labute approximate surface area is 263 Å². The second kappa shape index (κ2) is 14.1. The van der Waals surface area contributed by atoms with E-state index in [0.717, 1.165) is 54.0 Å². The van der Waals surface area contributed by atoms with Gasteiger partial charge in [0.15, 0.2) is 0 Å². The third-order valence-electron chi connectivity index (χ3n) is 8.96. The van der Waals surface area contributed by atoms with Crippen LogP contribution in [-0.2, 0) is 10.8 Å². The summed E-state index contributed by atoms with van der Waals surface area (Å²) in [6.45, 7) is 16.8. The van der Waals surface area contributed by atoms with Gasteiger partial charge < -0.3 is 14.8 Å². The number of carbonyl (C=O) groups is 1. The fourth-order valence-electron chi connectivity index (χ4n) is 5.05. The molecule has 0 bridgehead atoms. The minimum absolute atomic E-state index is 0.0211. The molecule has 4 aromatic rings. The number of benzene rings is 3. The number of aryl methyl sites for hydroxylation is 1. The summed E-state index contributed by atoms with van der Waals surface area (Å²) in [5, 5.41) is 7.91. The van der Waals surface area contributed by atoms with Crippen LogP contribution in [0, 0.1) is 6.92 Å². The number of methoxy groups -OCH3 is 1. The summed E-state index contributed by atoms with van der Waals surface area (Å²) in [7, 11) is 1.64. The molecule has 0 unspecified atom stereocenters. The second-order valence-corrected chi connectivity index (χ2v) is 12.9. The Morgan fingerprint density at radius 1 is 0.886 bits per heavy atom. The van der Waals surface area contributed by atoms with E-state index in [2.05, 4.69) is 65.1 Å². The van der Waals surface area contributed by atoms with E-state index in [-0.39, 0.29) is 16.7 Å². The van der Waals surface area contributed by atoms with Crippen molar-refractivity contribution in [2.24, 2.45) is 0 Å². The highest BCUT2D eigenvalue weighted by Crippen LogP contribution is 2.38. The van der Waals surface area contributed by atoms with Gasteiger partial charge in [0.05, 0.1) is 25.1 Å². The van der Waals surface area contributed by atoms with Gasteiger partial charge in [-0.3, -0.25) is 4.79 Å². The van der Waals surface area contributed by atoms with Gasteiger partial charge in [0.1, 0.15) is 17.2 Å². The van der Waals surface area contributed by atoms with Gasteiger partial charge in [-0.05, 0) is 85.4 Å². The lowest BCUT2D eigenvalue weighted by molar-refractivity contribution is 0.0944. The van der Waals surface area contributed by atoms with Crippen LogP contribution < -0.4 is 14.8 Å². The molecule has 4 rings (SSSR count). The summed E-state index contributed by atoms with van der Waals surface area (Å²) in [5.41, 5.74) is 6.83. The van der Waals surface area contributed by atoms with E-state index >= 15 is 0 Å². The maximum absolute atomic E-state index is 13.4. The Bertz CT molecular complexity index is 1550. The number of carbonyl (C=O) groups excluding carboxylic acids is 1. The van der Waals surface area contributed by atoms with Gasteiger partial charge in [0.25, 0.3) is 5.91 Å². The highest BCUT2D eigenvalue weighted by Gasteiger charge is 2.26. The normalized spacial score (nSPS) is 11.8. The first kappa shape index (κ1) is 32.8. The number of amides is 1. The average Bonchev–Trinajstić information content (AvgIpc) is 3.48. The van der Waals surface area contributed by atoms with Crippen molar-refractivity contribution in [2.75, 3.05) is 20.3 Å². The highest BCUT2D eigenvalue weighted by atomic mass is 16.5. The molecule has 0 aliphatic carbocycles. The van der Waals surface area contributed by atoms with Crippen LogP contribution in [0.2, 0.25) is 0 Å². The first-order valence-corrected chi connectivity index (χ1v) is 15.9. The third kappa shape index (κ3) is 7.71. The molecule has 1 N–H and O–H groups in total. The molecule has 44 heavy (non-hydrogen) atoms. The highest BCUT2D eigenvalue weighted by molar-refractivity contribution is 5.94. The van der Waals surface area contributed by atoms with Crippen molar-refractivity contribution in [1.82, 2.24) is 15.1 Å². The van der Waals surface area contributed by atoms with Crippen LogP contribution in [0.3, 0.4) is 0 Å². The molecule has 1 heterocycles. The molecule has 0 saturated carbocycles. The van der Waals surface area contributed by atoms with Crippen LogP contribution >= 0.6 is 0 Å². The Balaban J connectivity index is 1.41. The molecule has 0 atom stereocenters. The number of aromatic nitrogens is 2. The van der Waals surface area contributed by atoms with Gasteiger partial charge in [-0.15, -0.1) is 0 Å². The minimum Gasteiger partial charge on any atom is -0.497 e. The van der Waals surface area contributed by atoms with Crippen LogP contribution in [0.4, 0.5) is 0 Å². The van der Waals surface area contributed by atoms with Gasteiger partial charge in [-0.2, -0.15) is 5.10 Å². The molecule has 0 saturated heterocycles. The topological polar surface area (TPSA) is 65.4 Å². The summed E-state index contributed by atoms with van der Waals surface area (Å²) in [6, 6.07) is 24.3. The van der Waals surface area contributed by atoms with Crippen molar-refractivity contribution in [3.05, 3.63) is 95.2 Å². The number of hydrogen-bond donors (Lipinski definition) is 1. The van der Waals surface area contributed by atoms with Gasteiger partial charge in [-0.1, -0.05) is 83.5 Å². The van der Waals surface area contributed by atoms with Crippen molar-refractivity contribution >= 4 is 5.91 Å². The van der Waals surface area contributed by atoms with E-state index in [0.29, 0.717) is 24.5 Å². The van der Waals surface area contributed by atoms with Gasteiger partial charge in [0.2, 0.25) is 0 Å². The molecule has 0 fully saturated rings. The van der Waals surface area contributed by atoms with Crippen molar-refractivity contribution < 1.29 is 14.3 Å². The Kier molecular flexibility index (Phi) is 10.6. The number of nitrogens with one attached hydrogen (secondary N) is 1. The van der Waals surface area contributed by atoms with E-state index < -0.39 is 0 Å². The van der Waals surface area contributed by atoms with Crippen LogP contribution in [0.25, 0.3) is 16.9 Å². The van der Waals surface area contributed by atoms with Crippen molar-refractivity contribution in [3.63, 3.8) is 0 Å². The molecule has 6 nitrogen and oxygen atoms in total. The Hall–Kier alpha value is -4.06. The standard InChI is InChI=1S/C38H49N3O3/c1-9-37(4,5)29-18-21-35(32(25-29)38(6,7)10-2)44-23-12-11-22-39-36(42)34-26-33(28-14-13-15-31(24-28)43-8)40-41(34)30-19-16-27(3)17-20-30/h13-21,24-26H,9-12,22-23H2,1-8H3,(H,39,42). The van der Waals surface area contributed by atoms with Crippen LogP contribution in [0.1, 0.15) is 94.4 Å². The molecule has 0 radical (unpaired) electrons. The number of nitrogens with zero attached hydrogens (tertiary/aromatic N) is 2. The predicted molar refractivity (Wildman–Crippen MR) is 180 cm³/mol. The van der Waals surface area contributed by atoms with Crippen LogP contribution in [0.15, 0.2) is 72.8 Å². The van der Waals surface area contributed by atoms with E-state index in [1.165, 1.54) is 11.1 Å². The molecule has 1 amide bonds. The monoisotopic (exact) mass is 595 g/mol. The quantitative estimate of drug-likeness (QED) is 0.148. The molecule has 0 aliphatic rings. The van der Waals surface area contributed by atoms with Crippen LogP contribution in [-0.4, -0.2) is 35.9 Å². The summed E-state index contributed by atoms with van der Waals surface area (Å²) >= 11 is 0. The lowest BCUT2D eigenvalue weighted by Gasteiger charge is -2.30. The first-order valence-electron chi connectivity index (χ1n) is 15.9. The fraction of sp³-hybridized carbons (Fsp3) is 0.421. The fourth-order valence-corrected chi connectivity index (χ4v) is 5.05. The number of unbranched alkanes of at least 4 members (excludes halogenated alkanes) is 1. The van der Waals surface area contributed by atoms with Gasteiger partial charge in [0, 0.05) is 17.7 Å². The molecule has 0 aliphatic heterocycles. The molecule has 1 aromatic heterocycles. The largest absolute Gasteiger partial charge is 0.497 e. The minimum atomic E-state index is -0.158. The zero-order valence-electron chi connectivity index (χ0n) is 27.8. The van der Waals surface area contributed by atoms with Gasteiger partial charge >= 0.3 is 0 Å². The van der Waals surface area contributed by atoms with Crippen molar-refractivity contribution in [3.8, 4) is 28.4 Å². The third-order valence-corrected chi connectivity index (χ3v) is 8.96. The Morgan fingerprint density at radius 2 is 1.61 bits per heavy atom. The SMILES string of the molecule is CCC(C)(C)c1ccc(OCCCCNC(=O)c2cc(-c3cccc(OC)c3)nn2-c2ccc(C)cc2)c(C(C)(C)CC)c1. The zero-order chi connectivity index (χ0) is 31.9. The smallest absolute Gasteiger partial charge is 0.270 e. The summed E-state index contributed by atoms with van der Waals surface area (Å²) in [6.07, 6.45) is 3.75. The second-order valence-electron chi connectivity index (χ2n) is 12.9. The number of hydrogen-bond acceptors (Lipinski definition) is 4. The van der Waals surface area contributed by atoms with Crippen LogP contribution in [0.5, 0.6) is 11.5 Å². The molecule has 3 aromatic carbocycles. The van der Waals surface area contributed by atoms with E-state index in [9.17, 15) is 4.79 Å². The lowest BCUT2D eigenvalue weighted by Crippen LogP contribution is -2.27. The summed E-state index contributed by atoms with van der Waals surface area (Å²) in [5.74, 6) is 1.55. The van der Waals surface area contributed by atoms with E-state index in [1.807, 2.05) is 61.5 Å². The molecule has 234 valence electrons. The molecule has 0 spiro atoms. The predicted octanol–water partition coefficient (Wildman–Crippen LogP) is 8.82. The first-order chi connectivity index (χ1) is 21.0. The Morgan fingerprint density at radius 3 is 2.30 bits per heavy atom. The lowest BCUT2D eigenvalue weighted by atomic mass is 9.76. The molecule has 6 heteroatoms. The maximum Gasteiger partial charge on any atom is 0.270 e. The average molecular weight is 596 g/mol. The summed E-state index contributed by atoms with van der Waals surface area (Å²) < 4.78 is 13.5. The van der Waals surface area contributed by atoms with E-state index in [1.54, 1.807) is 11.8 Å². The maximum atomic E-state index is 13.4. The number of rotatable bonds is 14. The van der Waals surface area contributed by atoms with E-state index in [4.69, 9.17) is 14.6 Å². The summed E-state index contributed by atoms with van der Waals surface area (Å²) in [4.78, 5) is 13.4. The molecular weight excluding hydrogens is 546 g/mol. The van der Waals surface area contributed by atoms with Gasteiger partial charge in [-0.25, -0.2) is 4.68 Å². The van der Waals surface area contributed by atoms with Crippen molar-refractivity contribution in [2.45, 2.75) is 85.0 Å². The molecular formula is C38H49N3O3. The number of ether oxygens (including phenoxy) is 2. The van der Waals surface area contributed by atoms with Crippen molar-refractivity contribution in [1.29, 1.82) is 0 Å².